The lowest BCUT2D eigenvalue weighted by molar-refractivity contribution is 0.304. The molecule has 0 heterocycles. The number of nitrogens with two attached hydrogens (primary N) is 1. The summed E-state index contributed by atoms with van der Waals surface area (Å²) < 4.78 is 6.99. The summed E-state index contributed by atoms with van der Waals surface area (Å²) in [5, 5.41) is 11.7. The Kier molecular flexibility index (Phi) is 4.84. The fraction of sp³-hybridized carbons (Fsp3) is 0.133. The predicted molar refractivity (Wildman–Crippen MR) is 87.2 cm³/mol. The Labute approximate surface area is 131 Å². The molecular formula is C15H15IN2O2. The molecule has 0 spiro atoms. The Hall–Kier alpha value is -1.76. The van der Waals surface area contributed by atoms with Crippen molar-refractivity contribution in [2.75, 3.05) is 0 Å². The van der Waals surface area contributed by atoms with Crippen molar-refractivity contribution in [2.24, 2.45) is 10.9 Å². The second-order valence-electron chi connectivity index (χ2n) is 4.38. The summed E-state index contributed by atoms with van der Waals surface area (Å²) >= 11 is 2.27. The number of benzene rings is 2. The molecule has 0 unspecified atom stereocenters. The van der Waals surface area contributed by atoms with Gasteiger partial charge in [-0.05, 0) is 58.8 Å². The molecule has 5 heteroatoms. The summed E-state index contributed by atoms with van der Waals surface area (Å²) in [4.78, 5) is 0. The summed E-state index contributed by atoms with van der Waals surface area (Å²) in [6.07, 6.45) is 0. The number of amidine groups is 1. The van der Waals surface area contributed by atoms with Crippen LogP contribution in [0.25, 0.3) is 0 Å². The minimum atomic E-state index is 0.0733. The third kappa shape index (κ3) is 3.63. The molecule has 0 aliphatic carbocycles. The molecule has 0 saturated carbocycles. The summed E-state index contributed by atoms with van der Waals surface area (Å²) in [6.45, 7) is 2.44. The molecule has 0 atom stereocenters. The second kappa shape index (κ2) is 6.60. The van der Waals surface area contributed by atoms with Crippen LogP contribution in [0.5, 0.6) is 5.75 Å². The monoisotopic (exact) mass is 382 g/mol. The van der Waals surface area contributed by atoms with Crippen molar-refractivity contribution in [3.8, 4) is 5.75 Å². The average Bonchev–Trinajstić information content (AvgIpc) is 2.47. The maximum Gasteiger partial charge on any atom is 0.170 e. The molecule has 2 rings (SSSR count). The maximum atomic E-state index is 8.70. The molecule has 20 heavy (non-hydrogen) atoms. The van der Waals surface area contributed by atoms with Crippen molar-refractivity contribution in [2.45, 2.75) is 13.5 Å². The zero-order chi connectivity index (χ0) is 14.5. The molecule has 0 aliphatic rings. The first kappa shape index (κ1) is 14.6. The van der Waals surface area contributed by atoms with Gasteiger partial charge in [0, 0.05) is 9.13 Å². The first-order valence-corrected chi connectivity index (χ1v) is 7.14. The van der Waals surface area contributed by atoms with Crippen molar-refractivity contribution in [3.05, 3.63) is 62.7 Å². The Balaban J connectivity index is 2.14. The van der Waals surface area contributed by atoms with Crippen molar-refractivity contribution in [3.63, 3.8) is 0 Å². The van der Waals surface area contributed by atoms with Gasteiger partial charge in [0.1, 0.15) is 12.4 Å². The molecule has 0 bridgehead atoms. The number of rotatable bonds is 4. The molecule has 0 amide bonds. The Morgan fingerprint density at radius 1 is 1.25 bits per heavy atom. The van der Waals surface area contributed by atoms with Gasteiger partial charge in [-0.15, -0.1) is 0 Å². The van der Waals surface area contributed by atoms with E-state index in [1.165, 1.54) is 3.57 Å². The number of oxime groups is 1. The summed E-state index contributed by atoms with van der Waals surface area (Å²) in [7, 11) is 0. The van der Waals surface area contributed by atoms with E-state index in [2.05, 4.69) is 27.7 Å². The van der Waals surface area contributed by atoms with Crippen LogP contribution in [-0.2, 0) is 6.61 Å². The molecule has 3 N–H and O–H groups in total. The molecule has 0 radical (unpaired) electrons. The van der Waals surface area contributed by atoms with E-state index >= 15 is 0 Å². The minimum absolute atomic E-state index is 0.0733. The van der Waals surface area contributed by atoms with Gasteiger partial charge in [-0.2, -0.15) is 0 Å². The van der Waals surface area contributed by atoms with Gasteiger partial charge in [0.15, 0.2) is 5.84 Å². The SMILES string of the molecule is Cc1ccc(/C(N)=N/O)cc1OCc1ccc(I)cc1. The van der Waals surface area contributed by atoms with Crippen molar-refractivity contribution >= 4 is 28.4 Å². The van der Waals surface area contributed by atoms with E-state index in [1.807, 2.05) is 37.3 Å². The van der Waals surface area contributed by atoms with Gasteiger partial charge in [-0.3, -0.25) is 0 Å². The summed E-state index contributed by atoms with van der Waals surface area (Å²) in [6, 6.07) is 13.6. The quantitative estimate of drug-likeness (QED) is 0.280. The van der Waals surface area contributed by atoms with Crippen LogP contribution in [0.1, 0.15) is 16.7 Å². The third-order valence-corrected chi connectivity index (χ3v) is 3.62. The predicted octanol–water partition coefficient (Wildman–Crippen LogP) is 3.27. The lowest BCUT2D eigenvalue weighted by Gasteiger charge is -2.11. The van der Waals surface area contributed by atoms with Gasteiger partial charge in [-0.25, -0.2) is 0 Å². The molecule has 2 aromatic carbocycles. The van der Waals surface area contributed by atoms with E-state index in [4.69, 9.17) is 15.7 Å². The standard InChI is InChI=1S/C15H15IN2O2/c1-10-2-5-12(15(17)18-19)8-14(10)20-9-11-3-6-13(16)7-4-11/h2-8,19H,9H2,1H3,(H2,17,18). The molecule has 2 aromatic rings. The lowest BCUT2D eigenvalue weighted by Crippen LogP contribution is -2.13. The van der Waals surface area contributed by atoms with E-state index in [0.29, 0.717) is 12.2 Å². The highest BCUT2D eigenvalue weighted by Crippen LogP contribution is 2.21. The second-order valence-corrected chi connectivity index (χ2v) is 5.63. The number of aryl methyl sites for hydroxylation is 1. The molecule has 4 nitrogen and oxygen atoms in total. The van der Waals surface area contributed by atoms with E-state index in [9.17, 15) is 0 Å². The zero-order valence-corrected chi connectivity index (χ0v) is 13.2. The number of hydrogen-bond acceptors (Lipinski definition) is 3. The largest absolute Gasteiger partial charge is 0.489 e. The molecular weight excluding hydrogens is 367 g/mol. The number of nitrogens with zero attached hydrogens (tertiary/aromatic N) is 1. The fourth-order valence-corrected chi connectivity index (χ4v) is 2.07. The van der Waals surface area contributed by atoms with Crippen LogP contribution in [0.3, 0.4) is 0 Å². The van der Waals surface area contributed by atoms with Crippen LogP contribution in [0.4, 0.5) is 0 Å². The highest BCUT2D eigenvalue weighted by molar-refractivity contribution is 14.1. The lowest BCUT2D eigenvalue weighted by atomic mass is 10.1. The van der Waals surface area contributed by atoms with Gasteiger partial charge in [0.05, 0.1) is 0 Å². The summed E-state index contributed by atoms with van der Waals surface area (Å²) in [5.74, 6) is 0.803. The smallest absolute Gasteiger partial charge is 0.170 e. The van der Waals surface area contributed by atoms with Crippen LogP contribution in [0.2, 0.25) is 0 Å². The topological polar surface area (TPSA) is 67.8 Å². The molecule has 0 aliphatic heterocycles. The summed E-state index contributed by atoms with van der Waals surface area (Å²) in [5.41, 5.74) is 8.32. The van der Waals surface area contributed by atoms with Crippen molar-refractivity contribution in [1.29, 1.82) is 0 Å². The van der Waals surface area contributed by atoms with Crippen LogP contribution < -0.4 is 10.5 Å². The van der Waals surface area contributed by atoms with Gasteiger partial charge in [-0.1, -0.05) is 29.4 Å². The van der Waals surface area contributed by atoms with Crippen LogP contribution in [-0.4, -0.2) is 11.0 Å². The van der Waals surface area contributed by atoms with Crippen molar-refractivity contribution < 1.29 is 9.94 Å². The number of halogens is 1. The fourth-order valence-electron chi connectivity index (χ4n) is 1.71. The molecule has 0 saturated heterocycles. The average molecular weight is 382 g/mol. The van der Waals surface area contributed by atoms with Crippen LogP contribution >= 0.6 is 22.6 Å². The number of ether oxygens (including phenoxy) is 1. The van der Waals surface area contributed by atoms with E-state index in [0.717, 1.165) is 16.9 Å². The van der Waals surface area contributed by atoms with Gasteiger partial charge >= 0.3 is 0 Å². The third-order valence-electron chi connectivity index (χ3n) is 2.90. The van der Waals surface area contributed by atoms with Crippen LogP contribution in [0.15, 0.2) is 47.6 Å². The zero-order valence-electron chi connectivity index (χ0n) is 11.0. The first-order valence-electron chi connectivity index (χ1n) is 6.06. The normalized spacial score (nSPS) is 11.4. The van der Waals surface area contributed by atoms with Crippen LogP contribution in [0, 0.1) is 10.5 Å². The van der Waals surface area contributed by atoms with Crippen molar-refractivity contribution in [1.82, 2.24) is 0 Å². The highest BCUT2D eigenvalue weighted by Gasteiger charge is 2.05. The highest BCUT2D eigenvalue weighted by atomic mass is 127. The van der Waals surface area contributed by atoms with E-state index in [-0.39, 0.29) is 5.84 Å². The molecule has 104 valence electrons. The number of hydrogen-bond donors (Lipinski definition) is 2. The van der Waals surface area contributed by atoms with E-state index < -0.39 is 0 Å². The van der Waals surface area contributed by atoms with Gasteiger partial charge < -0.3 is 15.7 Å². The Morgan fingerprint density at radius 2 is 1.95 bits per heavy atom. The molecule has 0 fully saturated rings. The molecule has 0 aromatic heterocycles. The van der Waals surface area contributed by atoms with Gasteiger partial charge in [0.2, 0.25) is 0 Å². The minimum Gasteiger partial charge on any atom is -0.489 e. The van der Waals surface area contributed by atoms with Gasteiger partial charge in [0.25, 0.3) is 0 Å². The Bertz CT molecular complexity index is 624. The first-order chi connectivity index (χ1) is 9.60. The maximum absolute atomic E-state index is 8.70. The Morgan fingerprint density at radius 3 is 2.60 bits per heavy atom. The van der Waals surface area contributed by atoms with E-state index in [1.54, 1.807) is 12.1 Å².